The van der Waals surface area contributed by atoms with Gasteiger partial charge in [0.15, 0.2) is 0 Å². The van der Waals surface area contributed by atoms with Gasteiger partial charge >= 0.3 is 0 Å². The SMILES string of the molecule is N#Cc1ccc(Nc2ccccc2)c(Br)c1. The van der Waals surface area contributed by atoms with Crippen molar-refractivity contribution in [3.8, 4) is 6.07 Å². The van der Waals surface area contributed by atoms with Crippen molar-refractivity contribution in [3.05, 3.63) is 58.6 Å². The first-order valence-corrected chi connectivity index (χ1v) is 5.60. The van der Waals surface area contributed by atoms with E-state index < -0.39 is 0 Å². The Morgan fingerprint density at radius 2 is 1.81 bits per heavy atom. The molecular formula is C13H9BrN2. The third kappa shape index (κ3) is 2.41. The number of rotatable bonds is 2. The third-order valence-corrected chi connectivity index (χ3v) is 2.81. The molecule has 0 heterocycles. The fraction of sp³-hybridized carbons (Fsp3) is 0. The summed E-state index contributed by atoms with van der Waals surface area (Å²) >= 11 is 3.43. The van der Waals surface area contributed by atoms with Gasteiger partial charge in [-0.05, 0) is 46.3 Å². The van der Waals surface area contributed by atoms with Gasteiger partial charge in [0.2, 0.25) is 0 Å². The van der Waals surface area contributed by atoms with Crippen LogP contribution in [0.5, 0.6) is 0 Å². The number of halogens is 1. The lowest BCUT2D eigenvalue weighted by Gasteiger charge is -2.08. The molecule has 78 valence electrons. The minimum Gasteiger partial charge on any atom is -0.355 e. The van der Waals surface area contributed by atoms with Crippen molar-refractivity contribution in [2.75, 3.05) is 5.32 Å². The van der Waals surface area contributed by atoms with Crippen molar-refractivity contribution in [2.45, 2.75) is 0 Å². The van der Waals surface area contributed by atoms with Gasteiger partial charge in [-0.15, -0.1) is 0 Å². The third-order valence-electron chi connectivity index (χ3n) is 2.15. The fourth-order valence-electron chi connectivity index (χ4n) is 1.36. The summed E-state index contributed by atoms with van der Waals surface area (Å²) in [7, 11) is 0. The number of hydrogen-bond acceptors (Lipinski definition) is 2. The Kier molecular flexibility index (Phi) is 3.23. The monoisotopic (exact) mass is 272 g/mol. The predicted octanol–water partition coefficient (Wildman–Crippen LogP) is 4.06. The highest BCUT2D eigenvalue weighted by Gasteiger charge is 2.01. The summed E-state index contributed by atoms with van der Waals surface area (Å²) in [5.74, 6) is 0. The van der Waals surface area contributed by atoms with Gasteiger partial charge in [0.1, 0.15) is 0 Å². The van der Waals surface area contributed by atoms with Crippen LogP contribution in [-0.4, -0.2) is 0 Å². The molecule has 0 fully saturated rings. The van der Waals surface area contributed by atoms with Gasteiger partial charge in [-0.3, -0.25) is 0 Å². The predicted molar refractivity (Wildman–Crippen MR) is 68.6 cm³/mol. The number of benzene rings is 2. The van der Waals surface area contributed by atoms with E-state index in [-0.39, 0.29) is 0 Å². The van der Waals surface area contributed by atoms with Crippen molar-refractivity contribution in [2.24, 2.45) is 0 Å². The van der Waals surface area contributed by atoms with E-state index in [9.17, 15) is 0 Å². The zero-order valence-electron chi connectivity index (χ0n) is 8.44. The molecule has 0 saturated carbocycles. The maximum absolute atomic E-state index is 8.75. The Morgan fingerprint density at radius 3 is 2.44 bits per heavy atom. The average molecular weight is 273 g/mol. The maximum atomic E-state index is 8.75. The lowest BCUT2D eigenvalue weighted by Crippen LogP contribution is -1.91. The molecule has 1 N–H and O–H groups in total. The van der Waals surface area contributed by atoms with Crippen LogP contribution in [0.3, 0.4) is 0 Å². The van der Waals surface area contributed by atoms with Crippen LogP contribution in [0.1, 0.15) is 5.56 Å². The van der Waals surface area contributed by atoms with Gasteiger partial charge in [-0.1, -0.05) is 18.2 Å². The summed E-state index contributed by atoms with van der Waals surface area (Å²) in [6.45, 7) is 0. The van der Waals surface area contributed by atoms with Crippen LogP contribution >= 0.6 is 15.9 Å². The molecule has 2 aromatic rings. The van der Waals surface area contributed by atoms with Gasteiger partial charge in [0.25, 0.3) is 0 Å². The Balaban J connectivity index is 2.27. The molecule has 0 aromatic heterocycles. The Labute approximate surface area is 103 Å². The van der Waals surface area contributed by atoms with Crippen LogP contribution in [0.25, 0.3) is 0 Å². The molecule has 0 amide bonds. The molecular weight excluding hydrogens is 264 g/mol. The highest BCUT2D eigenvalue weighted by Crippen LogP contribution is 2.26. The Bertz CT molecular complexity index is 529. The van der Waals surface area contributed by atoms with Crippen molar-refractivity contribution >= 4 is 27.3 Å². The largest absolute Gasteiger partial charge is 0.355 e. The van der Waals surface area contributed by atoms with Gasteiger partial charge in [0, 0.05) is 10.2 Å². The molecule has 3 heteroatoms. The summed E-state index contributed by atoms with van der Waals surface area (Å²) in [6.07, 6.45) is 0. The summed E-state index contributed by atoms with van der Waals surface area (Å²) in [5.41, 5.74) is 2.61. The molecule has 2 aromatic carbocycles. The van der Waals surface area contributed by atoms with Gasteiger partial charge in [0.05, 0.1) is 17.3 Å². The molecule has 0 atom stereocenters. The van der Waals surface area contributed by atoms with E-state index in [0.29, 0.717) is 5.56 Å². The molecule has 2 rings (SSSR count). The highest BCUT2D eigenvalue weighted by molar-refractivity contribution is 9.10. The first kappa shape index (κ1) is 10.7. The Morgan fingerprint density at radius 1 is 1.06 bits per heavy atom. The molecule has 0 unspecified atom stereocenters. The molecule has 16 heavy (non-hydrogen) atoms. The summed E-state index contributed by atoms with van der Waals surface area (Å²) in [6, 6.07) is 17.5. The molecule has 0 aliphatic carbocycles. The van der Waals surface area contributed by atoms with Crippen molar-refractivity contribution in [1.82, 2.24) is 0 Å². The van der Waals surface area contributed by atoms with Crippen LogP contribution in [0.4, 0.5) is 11.4 Å². The zero-order chi connectivity index (χ0) is 11.4. The number of anilines is 2. The number of hydrogen-bond donors (Lipinski definition) is 1. The van der Waals surface area contributed by atoms with Crippen LogP contribution in [-0.2, 0) is 0 Å². The van der Waals surface area contributed by atoms with E-state index in [4.69, 9.17) is 5.26 Å². The second-order valence-electron chi connectivity index (χ2n) is 3.30. The molecule has 0 radical (unpaired) electrons. The first-order valence-electron chi connectivity index (χ1n) is 4.81. The van der Waals surface area contributed by atoms with Crippen LogP contribution in [0.15, 0.2) is 53.0 Å². The standard InChI is InChI=1S/C13H9BrN2/c14-12-8-10(9-15)6-7-13(12)16-11-4-2-1-3-5-11/h1-8,16H. The van der Waals surface area contributed by atoms with Crippen LogP contribution < -0.4 is 5.32 Å². The van der Waals surface area contributed by atoms with Crippen LogP contribution in [0.2, 0.25) is 0 Å². The van der Waals surface area contributed by atoms with E-state index in [2.05, 4.69) is 27.3 Å². The van der Waals surface area contributed by atoms with E-state index in [1.165, 1.54) is 0 Å². The summed E-state index contributed by atoms with van der Waals surface area (Å²) in [4.78, 5) is 0. The highest BCUT2D eigenvalue weighted by atomic mass is 79.9. The second kappa shape index (κ2) is 4.82. The fourth-order valence-corrected chi connectivity index (χ4v) is 1.84. The molecule has 2 nitrogen and oxygen atoms in total. The van der Waals surface area contributed by atoms with E-state index >= 15 is 0 Å². The molecule has 0 aliphatic rings. The quantitative estimate of drug-likeness (QED) is 0.895. The average Bonchev–Trinajstić information content (AvgIpc) is 2.33. The minimum atomic E-state index is 0.644. The smallest absolute Gasteiger partial charge is 0.0992 e. The van der Waals surface area contributed by atoms with Gasteiger partial charge < -0.3 is 5.32 Å². The number of para-hydroxylation sites is 1. The maximum Gasteiger partial charge on any atom is 0.0992 e. The van der Waals surface area contributed by atoms with Crippen LogP contribution in [0, 0.1) is 11.3 Å². The van der Waals surface area contributed by atoms with E-state index in [0.717, 1.165) is 15.8 Å². The lowest BCUT2D eigenvalue weighted by atomic mass is 10.2. The topological polar surface area (TPSA) is 35.8 Å². The molecule has 0 spiro atoms. The Hall–Kier alpha value is -1.79. The summed E-state index contributed by atoms with van der Waals surface area (Å²) in [5, 5.41) is 12.0. The molecule has 0 bridgehead atoms. The van der Waals surface area contributed by atoms with E-state index in [1.54, 1.807) is 12.1 Å². The first-order chi connectivity index (χ1) is 7.79. The van der Waals surface area contributed by atoms with E-state index in [1.807, 2.05) is 36.4 Å². The number of nitrogens with one attached hydrogen (secondary N) is 1. The molecule has 0 aliphatic heterocycles. The van der Waals surface area contributed by atoms with Gasteiger partial charge in [-0.2, -0.15) is 5.26 Å². The van der Waals surface area contributed by atoms with Gasteiger partial charge in [-0.25, -0.2) is 0 Å². The van der Waals surface area contributed by atoms with Crippen molar-refractivity contribution in [1.29, 1.82) is 5.26 Å². The second-order valence-corrected chi connectivity index (χ2v) is 4.15. The molecule has 0 saturated heterocycles. The minimum absolute atomic E-state index is 0.644. The summed E-state index contributed by atoms with van der Waals surface area (Å²) < 4.78 is 0.885. The zero-order valence-corrected chi connectivity index (χ0v) is 10.0. The normalized spacial score (nSPS) is 9.50. The number of nitriles is 1. The van der Waals surface area contributed by atoms with Crippen molar-refractivity contribution < 1.29 is 0 Å². The van der Waals surface area contributed by atoms with Crippen molar-refractivity contribution in [3.63, 3.8) is 0 Å². The lowest BCUT2D eigenvalue weighted by molar-refractivity contribution is 1.46. The number of nitrogens with zero attached hydrogens (tertiary/aromatic N) is 1.